The second-order valence-electron chi connectivity index (χ2n) is 5.38. The first-order chi connectivity index (χ1) is 12.0. The average molecular weight is 404 g/mol. The quantitative estimate of drug-likeness (QED) is 0.669. The minimum atomic E-state index is -0.396. The van der Waals surface area contributed by atoms with E-state index in [1.807, 2.05) is 19.1 Å². The summed E-state index contributed by atoms with van der Waals surface area (Å²) < 4.78 is 0.882. The maximum atomic E-state index is 11.9. The van der Waals surface area contributed by atoms with E-state index in [1.54, 1.807) is 36.4 Å². The van der Waals surface area contributed by atoms with Crippen molar-refractivity contribution in [3.63, 3.8) is 0 Å². The number of carbonyl (C=O) groups is 3. The van der Waals surface area contributed by atoms with Gasteiger partial charge in [0.2, 0.25) is 5.91 Å². The van der Waals surface area contributed by atoms with Crippen molar-refractivity contribution in [2.75, 3.05) is 6.54 Å². The number of benzene rings is 2. The Kier molecular flexibility index (Phi) is 6.71. The fraction of sp³-hybridized carbons (Fsp3) is 0.167. The van der Waals surface area contributed by atoms with Crippen molar-refractivity contribution in [2.24, 2.45) is 0 Å². The van der Waals surface area contributed by atoms with Gasteiger partial charge in [0.05, 0.1) is 0 Å². The van der Waals surface area contributed by atoms with Gasteiger partial charge < -0.3 is 5.32 Å². The van der Waals surface area contributed by atoms with Crippen molar-refractivity contribution in [3.05, 3.63) is 69.7 Å². The molecule has 6 nitrogen and oxygen atoms in total. The molecule has 0 fully saturated rings. The van der Waals surface area contributed by atoms with Crippen LogP contribution in [0.25, 0.3) is 0 Å². The van der Waals surface area contributed by atoms with Crippen molar-refractivity contribution < 1.29 is 14.4 Å². The largest absolute Gasteiger partial charge is 0.352 e. The molecule has 2 rings (SSSR count). The molecular weight excluding hydrogens is 386 g/mol. The summed E-state index contributed by atoms with van der Waals surface area (Å²) in [4.78, 5) is 35.5. The summed E-state index contributed by atoms with van der Waals surface area (Å²) in [6.07, 6.45) is 0.0520. The van der Waals surface area contributed by atoms with E-state index in [4.69, 9.17) is 0 Å². The highest BCUT2D eigenvalue weighted by atomic mass is 79.9. The van der Waals surface area contributed by atoms with Crippen LogP contribution >= 0.6 is 15.9 Å². The minimum absolute atomic E-state index is 0.0520. The summed E-state index contributed by atoms with van der Waals surface area (Å²) in [5.74, 6) is -1.05. The number of aryl methyl sites for hydroxylation is 1. The molecule has 0 spiro atoms. The zero-order valence-electron chi connectivity index (χ0n) is 13.6. The molecule has 0 unspecified atom stereocenters. The van der Waals surface area contributed by atoms with Gasteiger partial charge in [-0.2, -0.15) is 0 Å². The molecule has 0 aliphatic rings. The highest BCUT2D eigenvalue weighted by Gasteiger charge is 2.08. The fourth-order valence-corrected chi connectivity index (χ4v) is 2.22. The molecule has 3 N–H and O–H groups in total. The van der Waals surface area contributed by atoms with Crippen molar-refractivity contribution in [1.82, 2.24) is 16.2 Å². The van der Waals surface area contributed by atoms with Crippen LogP contribution in [0.5, 0.6) is 0 Å². The second-order valence-corrected chi connectivity index (χ2v) is 6.30. The fourth-order valence-electron chi connectivity index (χ4n) is 1.96. The molecule has 0 atom stereocenters. The second kappa shape index (κ2) is 8.98. The van der Waals surface area contributed by atoms with Crippen LogP contribution in [0.4, 0.5) is 0 Å². The molecule has 2 aromatic carbocycles. The van der Waals surface area contributed by atoms with Crippen LogP contribution in [0, 0.1) is 6.92 Å². The molecule has 0 heterocycles. The van der Waals surface area contributed by atoms with E-state index in [9.17, 15) is 14.4 Å². The van der Waals surface area contributed by atoms with Gasteiger partial charge in [0.1, 0.15) is 0 Å². The van der Waals surface area contributed by atoms with Crippen LogP contribution in [-0.4, -0.2) is 24.3 Å². The normalized spacial score (nSPS) is 10.0. The maximum Gasteiger partial charge on any atom is 0.269 e. The van der Waals surface area contributed by atoms with E-state index in [0.29, 0.717) is 11.1 Å². The molecule has 0 aliphatic heterocycles. The molecule has 3 amide bonds. The molecule has 2 aromatic rings. The predicted molar refractivity (Wildman–Crippen MR) is 97.9 cm³/mol. The van der Waals surface area contributed by atoms with Gasteiger partial charge in [0, 0.05) is 28.6 Å². The third kappa shape index (κ3) is 6.04. The molecule has 7 heteroatoms. The van der Waals surface area contributed by atoms with Gasteiger partial charge >= 0.3 is 0 Å². The number of rotatable bonds is 5. The standard InChI is InChI=1S/C18H18BrN3O3/c1-12-2-4-14(5-3-12)18(25)22-21-16(23)10-11-20-17(24)13-6-8-15(19)9-7-13/h2-9H,10-11H2,1H3,(H,20,24)(H,21,23)(H,22,25). The van der Waals surface area contributed by atoms with Gasteiger partial charge in [-0.15, -0.1) is 0 Å². The molecule has 0 bridgehead atoms. The maximum absolute atomic E-state index is 11.9. The van der Waals surface area contributed by atoms with Crippen LogP contribution in [0.3, 0.4) is 0 Å². The molecule has 25 heavy (non-hydrogen) atoms. The molecule has 0 aromatic heterocycles. The summed E-state index contributed by atoms with van der Waals surface area (Å²) >= 11 is 3.30. The molecule has 130 valence electrons. The summed E-state index contributed by atoms with van der Waals surface area (Å²) in [5.41, 5.74) is 6.67. The molecule has 0 radical (unpaired) electrons. The number of amides is 3. The first-order valence-corrected chi connectivity index (χ1v) is 8.44. The number of carbonyl (C=O) groups excluding carboxylic acids is 3. The number of halogens is 1. The van der Waals surface area contributed by atoms with Crippen molar-refractivity contribution >= 4 is 33.7 Å². The minimum Gasteiger partial charge on any atom is -0.352 e. The molecular formula is C18H18BrN3O3. The smallest absolute Gasteiger partial charge is 0.269 e. The van der Waals surface area contributed by atoms with E-state index in [-0.39, 0.29) is 18.9 Å². The summed E-state index contributed by atoms with van der Waals surface area (Å²) in [5, 5.41) is 2.65. The SMILES string of the molecule is Cc1ccc(C(=O)NNC(=O)CCNC(=O)c2ccc(Br)cc2)cc1. The topological polar surface area (TPSA) is 87.3 Å². The number of hydrazine groups is 1. The Morgan fingerprint density at radius 3 is 2.04 bits per heavy atom. The lowest BCUT2D eigenvalue weighted by Gasteiger charge is -2.08. The van der Waals surface area contributed by atoms with Gasteiger partial charge in [-0.1, -0.05) is 33.6 Å². The Morgan fingerprint density at radius 1 is 0.840 bits per heavy atom. The average Bonchev–Trinajstić information content (AvgIpc) is 2.60. The first kappa shape index (κ1) is 18.7. The summed E-state index contributed by atoms with van der Waals surface area (Å²) in [6, 6.07) is 13.9. The lowest BCUT2D eigenvalue weighted by atomic mass is 10.1. The monoisotopic (exact) mass is 403 g/mol. The highest BCUT2D eigenvalue weighted by molar-refractivity contribution is 9.10. The van der Waals surface area contributed by atoms with Crippen LogP contribution in [0.15, 0.2) is 53.0 Å². The Bertz CT molecular complexity index is 758. The van der Waals surface area contributed by atoms with Crippen LogP contribution in [-0.2, 0) is 4.79 Å². The number of hydrogen-bond donors (Lipinski definition) is 3. The Hall–Kier alpha value is -2.67. The van der Waals surface area contributed by atoms with Crippen LogP contribution < -0.4 is 16.2 Å². The third-order valence-electron chi connectivity index (χ3n) is 3.37. The van der Waals surface area contributed by atoms with Gasteiger partial charge in [0.25, 0.3) is 11.8 Å². The van der Waals surface area contributed by atoms with Gasteiger partial charge in [0.15, 0.2) is 0 Å². The van der Waals surface area contributed by atoms with Gasteiger partial charge in [-0.25, -0.2) is 0 Å². The van der Waals surface area contributed by atoms with Gasteiger partial charge in [-0.05, 0) is 43.3 Å². The van der Waals surface area contributed by atoms with Crippen LogP contribution in [0.2, 0.25) is 0 Å². The summed E-state index contributed by atoms with van der Waals surface area (Å²) in [6.45, 7) is 2.09. The lowest BCUT2D eigenvalue weighted by molar-refractivity contribution is -0.121. The van der Waals surface area contributed by atoms with Crippen molar-refractivity contribution in [1.29, 1.82) is 0 Å². The zero-order chi connectivity index (χ0) is 18.2. The molecule has 0 saturated carbocycles. The third-order valence-corrected chi connectivity index (χ3v) is 3.90. The number of nitrogens with one attached hydrogen (secondary N) is 3. The molecule has 0 aliphatic carbocycles. The lowest BCUT2D eigenvalue weighted by Crippen LogP contribution is -2.42. The predicted octanol–water partition coefficient (Wildman–Crippen LogP) is 2.34. The van der Waals surface area contributed by atoms with E-state index in [2.05, 4.69) is 32.1 Å². The first-order valence-electron chi connectivity index (χ1n) is 7.65. The zero-order valence-corrected chi connectivity index (χ0v) is 15.2. The van der Waals surface area contributed by atoms with E-state index in [0.717, 1.165) is 10.0 Å². The Balaban J connectivity index is 1.70. The van der Waals surface area contributed by atoms with Crippen LogP contribution in [0.1, 0.15) is 32.7 Å². The summed E-state index contributed by atoms with van der Waals surface area (Å²) in [7, 11) is 0. The Morgan fingerprint density at radius 2 is 1.40 bits per heavy atom. The Labute approximate surface area is 154 Å². The number of hydrogen-bond acceptors (Lipinski definition) is 3. The van der Waals surface area contributed by atoms with Gasteiger partial charge in [-0.3, -0.25) is 25.2 Å². The highest BCUT2D eigenvalue weighted by Crippen LogP contribution is 2.10. The van der Waals surface area contributed by atoms with Crippen molar-refractivity contribution in [3.8, 4) is 0 Å². The van der Waals surface area contributed by atoms with E-state index >= 15 is 0 Å². The van der Waals surface area contributed by atoms with E-state index in [1.165, 1.54) is 0 Å². The molecule has 0 saturated heterocycles. The van der Waals surface area contributed by atoms with Crippen molar-refractivity contribution in [2.45, 2.75) is 13.3 Å². The van der Waals surface area contributed by atoms with E-state index < -0.39 is 11.8 Å².